The minimum atomic E-state index is -0.358. The highest BCUT2D eigenvalue weighted by atomic mass is 32.1. The van der Waals surface area contributed by atoms with Crippen molar-refractivity contribution in [2.45, 2.75) is 33.4 Å². The van der Waals surface area contributed by atoms with Crippen molar-refractivity contribution in [3.63, 3.8) is 0 Å². The third-order valence-electron chi connectivity index (χ3n) is 6.23. The van der Waals surface area contributed by atoms with Crippen LogP contribution in [0.3, 0.4) is 0 Å². The molecule has 1 N–H and O–H groups in total. The lowest BCUT2D eigenvalue weighted by Gasteiger charge is -2.37. The zero-order chi connectivity index (χ0) is 24.5. The first-order valence-electron chi connectivity index (χ1n) is 11.4. The Morgan fingerprint density at radius 3 is 2.20 bits per heavy atom. The quantitative estimate of drug-likeness (QED) is 0.333. The SMILES string of the molecule is CC1=C(c2nc(-c3ccc(C)cc3)no2)C(c2ccc(F)cc2)NC(=S)N1Cc1ccc(C)cc1. The largest absolute Gasteiger partial charge is 0.351 e. The number of halogens is 1. The molecule has 176 valence electrons. The molecule has 1 aliphatic rings. The highest BCUT2D eigenvalue weighted by Gasteiger charge is 2.34. The Hall–Kier alpha value is -3.84. The van der Waals surface area contributed by atoms with Crippen LogP contribution >= 0.6 is 12.2 Å². The van der Waals surface area contributed by atoms with Gasteiger partial charge < -0.3 is 14.7 Å². The second-order valence-electron chi connectivity index (χ2n) is 8.79. The van der Waals surface area contributed by atoms with Gasteiger partial charge in [-0.2, -0.15) is 4.98 Å². The standard InChI is InChI=1S/C28H25FN4OS/c1-17-4-8-20(9-5-17)16-33-19(3)24(25(30-28(33)35)21-12-14-23(29)15-13-21)27-31-26(32-34-27)22-10-6-18(2)7-11-22/h4-15,25H,16H2,1-3H3,(H,30,35). The number of aryl methyl sites for hydroxylation is 2. The van der Waals surface area contributed by atoms with Gasteiger partial charge >= 0.3 is 0 Å². The van der Waals surface area contributed by atoms with E-state index in [0.29, 0.717) is 23.4 Å². The van der Waals surface area contributed by atoms with Crippen molar-refractivity contribution in [3.8, 4) is 11.4 Å². The van der Waals surface area contributed by atoms with Crippen LogP contribution in [-0.4, -0.2) is 20.2 Å². The Bertz CT molecular complexity index is 1390. The third-order valence-corrected chi connectivity index (χ3v) is 6.57. The Kier molecular flexibility index (Phi) is 6.17. The van der Waals surface area contributed by atoms with Crippen LogP contribution < -0.4 is 5.32 Å². The molecule has 2 heterocycles. The van der Waals surface area contributed by atoms with Crippen molar-refractivity contribution in [1.29, 1.82) is 0 Å². The van der Waals surface area contributed by atoms with Gasteiger partial charge in [-0.3, -0.25) is 0 Å². The molecular formula is C28H25FN4OS. The maximum Gasteiger partial charge on any atom is 0.258 e. The number of rotatable bonds is 5. The molecule has 0 saturated carbocycles. The van der Waals surface area contributed by atoms with Gasteiger partial charge in [0.1, 0.15) is 5.82 Å². The fourth-order valence-electron chi connectivity index (χ4n) is 4.18. The summed E-state index contributed by atoms with van der Waals surface area (Å²) in [5.74, 6) is 0.613. The number of hydrogen-bond acceptors (Lipinski definition) is 4. The molecule has 35 heavy (non-hydrogen) atoms. The molecule has 0 fully saturated rings. The van der Waals surface area contributed by atoms with Crippen molar-refractivity contribution < 1.29 is 8.91 Å². The summed E-state index contributed by atoms with van der Waals surface area (Å²) in [4.78, 5) is 6.77. The zero-order valence-electron chi connectivity index (χ0n) is 19.7. The van der Waals surface area contributed by atoms with Crippen LogP contribution in [0.2, 0.25) is 0 Å². The van der Waals surface area contributed by atoms with Gasteiger partial charge in [0.2, 0.25) is 5.82 Å². The van der Waals surface area contributed by atoms with Crippen LogP contribution in [0.5, 0.6) is 0 Å². The van der Waals surface area contributed by atoms with Crippen molar-refractivity contribution in [1.82, 2.24) is 20.4 Å². The Morgan fingerprint density at radius 1 is 0.914 bits per heavy atom. The first-order valence-corrected chi connectivity index (χ1v) is 11.8. The van der Waals surface area contributed by atoms with Gasteiger partial charge in [0, 0.05) is 17.8 Å². The lowest BCUT2D eigenvalue weighted by atomic mass is 9.94. The molecule has 0 bridgehead atoms. The predicted octanol–water partition coefficient (Wildman–Crippen LogP) is 6.36. The Balaban J connectivity index is 1.58. The van der Waals surface area contributed by atoms with Gasteiger partial charge in [-0.1, -0.05) is 76.9 Å². The van der Waals surface area contributed by atoms with Gasteiger partial charge in [0.25, 0.3) is 5.89 Å². The topological polar surface area (TPSA) is 54.2 Å². The molecule has 0 saturated heterocycles. The number of hydrogen-bond donors (Lipinski definition) is 1. The molecule has 0 radical (unpaired) electrons. The van der Waals surface area contributed by atoms with E-state index in [0.717, 1.165) is 33.5 Å². The number of allylic oxidation sites excluding steroid dienone is 1. The summed E-state index contributed by atoms with van der Waals surface area (Å²) in [6.07, 6.45) is 0. The van der Waals surface area contributed by atoms with Crippen LogP contribution in [0.1, 0.15) is 41.1 Å². The molecule has 7 heteroatoms. The number of aromatic nitrogens is 2. The van der Waals surface area contributed by atoms with Crippen molar-refractivity contribution in [2.24, 2.45) is 0 Å². The normalized spacial score (nSPS) is 15.9. The van der Waals surface area contributed by atoms with E-state index < -0.39 is 0 Å². The molecule has 1 unspecified atom stereocenters. The summed E-state index contributed by atoms with van der Waals surface area (Å²) in [7, 11) is 0. The fraction of sp³-hybridized carbons (Fsp3) is 0.179. The fourth-order valence-corrected chi connectivity index (χ4v) is 4.50. The summed E-state index contributed by atoms with van der Waals surface area (Å²) in [5.41, 5.74) is 6.93. The highest BCUT2D eigenvalue weighted by Crippen LogP contribution is 2.38. The second-order valence-corrected chi connectivity index (χ2v) is 9.18. The molecule has 1 atom stereocenters. The lowest BCUT2D eigenvalue weighted by molar-refractivity contribution is 0.396. The lowest BCUT2D eigenvalue weighted by Crippen LogP contribution is -2.45. The van der Waals surface area contributed by atoms with E-state index in [1.165, 1.54) is 17.7 Å². The second kappa shape index (κ2) is 9.43. The van der Waals surface area contributed by atoms with Crippen LogP contribution in [0, 0.1) is 19.7 Å². The minimum absolute atomic E-state index is 0.296. The molecule has 3 aromatic carbocycles. The first-order chi connectivity index (χ1) is 16.9. The van der Waals surface area contributed by atoms with Crippen LogP contribution in [-0.2, 0) is 6.54 Å². The van der Waals surface area contributed by atoms with Crippen molar-refractivity contribution in [2.75, 3.05) is 0 Å². The van der Waals surface area contributed by atoms with Crippen LogP contribution in [0.15, 0.2) is 83.0 Å². The highest BCUT2D eigenvalue weighted by molar-refractivity contribution is 7.80. The van der Waals surface area contributed by atoms with Crippen LogP contribution in [0.4, 0.5) is 4.39 Å². The molecule has 1 aliphatic heterocycles. The minimum Gasteiger partial charge on any atom is -0.351 e. The smallest absolute Gasteiger partial charge is 0.258 e. The molecule has 4 aromatic rings. The van der Waals surface area contributed by atoms with E-state index in [4.69, 9.17) is 21.7 Å². The maximum atomic E-state index is 13.7. The number of nitrogens with one attached hydrogen (secondary N) is 1. The Morgan fingerprint density at radius 2 is 1.54 bits per heavy atom. The third kappa shape index (κ3) is 4.72. The number of benzene rings is 3. The van der Waals surface area contributed by atoms with Gasteiger partial charge in [-0.15, -0.1) is 0 Å². The maximum absolute atomic E-state index is 13.7. The number of nitrogens with zero attached hydrogens (tertiary/aromatic N) is 3. The first kappa shape index (κ1) is 22.9. The van der Waals surface area contributed by atoms with Gasteiger partial charge in [-0.05, 0) is 56.2 Å². The van der Waals surface area contributed by atoms with E-state index in [-0.39, 0.29) is 11.9 Å². The summed E-state index contributed by atoms with van der Waals surface area (Å²) in [6.45, 7) is 6.69. The number of thiocarbonyl (C=S) groups is 1. The summed E-state index contributed by atoms with van der Waals surface area (Å²) >= 11 is 5.77. The molecule has 0 spiro atoms. The molecule has 1 aromatic heterocycles. The van der Waals surface area contributed by atoms with E-state index in [2.05, 4.69) is 41.7 Å². The Labute approximate surface area is 209 Å². The summed E-state index contributed by atoms with van der Waals surface area (Å²) in [6, 6.07) is 22.4. The molecule has 0 amide bonds. The summed E-state index contributed by atoms with van der Waals surface area (Å²) < 4.78 is 19.5. The van der Waals surface area contributed by atoms with Gasteiger partial charge in [0.15, 0.2) is 5.11 Å². The van der Waals surface area contributed by atoms with E-state index in [1.807, 2.05) is 43.0 Å². The summed E-state index contributed by atoms with van der Waals surface area (Å²) in [5, 5.41) is 8.25. The van der Waals surface area contributed by atoms with E-state index >= 15 is 0 Å². The average Bonchev–Trinajstić information content (AvgIpc) is 3.33. The molecule has 0 aliphatic carbocycles. The monoisotopic (exact) mass is 484 g/mol. The van der Waals surface area contributed by atoms with E-state index in [1.54, 1.807) is 12.1 Å². The van der Waals surface area contributed by atoms with Crippen molar-refractivity contribution in [3.05, 3.63) is 112 Å². The molecule has 5 rings (SSSR count). The van der Waals surface area contributed by atoms with Crippen LogP contribution in [0.25, 0.3) is 17.0 Å². The van der Waals surface area contributed by atoms with Gasteiger partial charge in [-0.25, -0.2) is 4.39 Å². The van der Waals surface area contributed by atoms with E-state index in [9.17, 15) is 4.39 Å². The predicted molar refractivity (Wildman–Crippen MR) is 139 cm³/mol. The molecular weight excluding hydrogens is 459 g/mol. The van der Waals surface area contributed by atoms with Gasteiger partial charge in [0.05, 0.1) is 11.6 Å². The van der Waals surface area contributed by atoms with Crippen molar-refractivity contribution >= 4 is 22.9 Å². The molecule has 5 nitrogen and oxygen atoms in total. The zero-order valence-corrected chi connectivity index (χ0v) is 20.6. The average molecular weight is 485 g/mol.